The molecule has 0 unspecified atom stereocenters. The van der Waals surface area contributed by atoms with Gasteiger partial charge in [0.2, 0.25) is 0 Å². The van der Waals surface area contributed by atoms with E-state index in [1.165, 1.54) is 19.2 Å². The number of likely N-dealkylation sites (tertiary alicyclic amines) is 1. The van der Waals surface area contributed by atoms with Crippen LogP contribution in [0.25, 0.3) is 0 Å². The predicted octanol–water partition coefficient (Wildman–Crippen LogP) is 2.68. The van der Waals surface area contributed by atoms with E-state index in [-0.39, 0.29) is 23.7 Å². The van der Waals surface area contributed by atoms with Crippen molar-refractivity contribution in [3.63, 3.8) is 0 Å². The monoisotopic (exact) mass is 370 g/mol. The highest BCUT2D eigenvalue weighted by Crippen LogP contribution is 2.22. The molecule has 0 aliphatic carbocycles. The van der Waals surface area contributed by atoms with Gasteiger partial charge in [0.1, 0.15) is 11.9 Å². The summed E-state index contributed by atoms with van der Waals surface area (Å²) in [4.78, 5) is 26.6. The Kier molecular flexibility index (Phi) is 5.86. The number of carbonyl (C=O) groups excluding carboxylic acids is 2. The largest absolute Gasteiger partial charge is 0.468 e. The number of rotatable bonds is 5. The summed E-state index contributed by atoms with van der Waals surface area (Å²) >= 11 is 0. The number of ether oxygens (including phenoxy) is 1. The van der Waals surface area contributed by atoms with Gasteiger partial charge in [0.15, 0.2) is 0 Å². The molecular weight excluding hydrogens is 347 g/mol. The summed E-state index contributed by atoms with van der Waals surface area (Å²) < 4.78 is 18.0. The summed E-state index contributed by atoms with van der Waals surface area (Å²) in [5.41, 5.74) is 2.58. The summed E-state index contributed by atoms with van der Waals surface area (Å²) in [6.45, 7) is 2.97. The van der Waals surface area contributed by atoms with Gasteiger partial charge < -0.3 is 10.1 Å². The van der Waals surface area contributed by atoms with Crippen LogP contribution < -0.4 is 5.32 Å². The number of aryl methyl sites for hydroxylation is 1. The lowest BCUT2D eigenvalue weighted by Crippen LogP contribution is -2.37. The highest BCUT2D eigenvalue weighted by atomic mass is 19.1. The molecule has 2 atom stereocenters. The van der Waals surface area contributed by atoms with Gasteiger partial charge in [0, 0.05) is 24.7 Å². The Labute approximate surface area is 158 Å². The lowest BCUT2D eigenvalue weighted by molar-refractivity contribution is -0.146. The third kappa shape index (κ3) is 4.71. The van der Waals surface area contributed by atoms with E-state index < -0.39 is 6.04 Å². The number of benzene rings is 2. The Hall–Kier alpha value is -2.73. The van der Waals surface area contributed by atoms with E-state index in [0.717, 1.165) is 11.1 Å². The van der Waals surface area contributed by atoms with Crippen LogP contribution in [0.4, 0.5) is 4.39 Å². The van der Waals surface area contributed by atoms with Crippen molar-refractivity contribution in [3.8, 4) is 0 Å². The minimum absolute atomic E-state index is 0.160. The number of carbonyl (C=O) groups is 2. The lowest BCUT2D eigenvalue weighted by atomic mass is 10.1. The zero-order valence-corrected chi connectivity index (χ0v) is 15.4. The predicted molar refractivity (Wildman–Crippen MR) is 99.7 cm³/mol. The van der Waals surface area contributed by atoms with E-state index in [1.807, 2.05) is 24.0 Å². The van der Waals surface area contributed by atoms with Gasteiger partial charge in [-0.15, -0.1) is 0 Å². The highest BCUT2D eigenvalue weighted by Gasteiger charge is 2.38. The summed E-state index contributed by atoms with van der Waals surface area (Å²) in [6.07, 6.45) is 0.478. The molecule has 0 saturated carbocycles. The number of esters is 1. The quantitative estimate of drug-likeness (QED) is 0.822. The van der Waals surface area contributed by atoms with Gasteiger partial charge in [-0.05, 0) is 43.2 Å². The molecule has 0 radical (unpaired) electrons. The second-order valence-corrected chi connectivity index (χ2v) is 6.87. The third-order valence-corrected chi connectivity index (χ3v) is 4.82. The van der Waals surface area contributed by atoms with Crippen molar-refractivity contribution in [2.45, 2.75) is 32.0 Å². The van der Waals surface area contributed by atoms with Crippen LogP contribution in [-0.4, -0.2) is 42.5 Å². The Morgan fingerprint density at radius 3 is 2.44 bits per heavy atom. The van der Waals surface area contributed by atoms with Crippen molar-refractivity contribution in [2.75, 3.05) is 13.7 Å². The maximum Gasteiger partial charge on any atom is 0.323 e. The minimum Gasteiger partial charge on any atom is -0.468 e. The molecule has 0 spiro atoms. The number of nitrogens with zero attached hydrogens (tertiary/aromatic N) is 1. The van der Waals surface area contributed by atoms with E-state index in [9.17, 15) is 14.0 Å². The minimum atomic E-state index is -0.441. The van der Waals surface area contributed by atoms with Crippen LogP contribution >= 0.6 is 0 Å². The molecule has 2 aromatic rings. The first-order valence-electron chi connectivity index (χ1n) is 8.90. The van der Waals surface area contributed by atoms with Crippen molar-refractivity contribution in [1.29, 1.82) is 0 Å². The summed E-state index contributed by atoms with van der Waals surface area (Å²) in [5, 5.41) is 3.00. The van der Waals surface area contributed by atoms with E-state index in [1.54, 1.807) is 24.3 Å². The molecule has 27 heavy (non-hydrogen) atoms. The molecule has 0 aromatic heterocycles. The molecular formula is C21H23FN2O3. The van der Waals surface area contributed by atoms with Gasteiger partial charge in [0.25, 0.3) is 5.91 Å². The van der Waals surface area contributed by atoms with Crippen LogP contribution in [0.15, 0.2) is 48.5 Å². The molecule has 0 bridgehead atoms. The van der Waals surface area contributed by atoms with Gasteiger partial charge in [-0.2, -0.15) is 0 Å². The van der Waals surface area contributed by atoms with Crippen molar-refractivity contribution in [3.05, 3.63) is 71.0 Å². The maximum absolute atomic E-state index is 13.1. The standard InChI is InChI=1S/C21H23FN2O3/c1-14-3-7-16(8-4-14)20(25)23-18-11-19(21(26)27-2)24(13-18)12-15-5-9-17(22)10-6-15/h3-10,18-19H,11-13H2,1-2H3,(H,23,25)/t18-,19+/m1/s1. The van der Waals surface area contributed by atoms with E-state index in [2.05, 4.69) is 5.32 Å². The fourth-order valence-electron chi connectivity index (χ4n) is 3.36. The second kappa shape index (κ2) is 8.31. The normalized spacial score (nSPS) is 19.7. The molecule has 3 rings (SSSR count). The third-order valence-electron chi connectivity index (χ3n) is 4.82. The van der Waals surface area contributed by atoms with Crippen LogP contribution in [0.3, 0.4) is 0 Å². The van der Waals surface area contributed by atoms with Crippen LogP contribution in [0.5, 0.6) is 0 Å². The van der Waals surface area contributed by atoms with E-state index in [4.69, 9.17) is 4.74 Å². The molecule has 1 fully saturated rings. The van der Waals surface area contributed by atoms with Crippen molar-refractivity contribution in [2.24, 2.45) is 0 Å². The molecule has 1 amide bonds. The van der Waals surface area contributed by atoms with Crippen molar-refractivity contribution < 1.29 is 18.7 Å². The Morgan fingerprint density at radius 1 is 1.15 bits per heavy atom. The van der Waals surface area contributed by atoms with E-state index >= 15 is 0 Å². The molecule has 1 aliphatic heterocycles. The first kappa shape index (κ1) is 19.0. The van der Waals surface area contributed by atoms with Crippen molar-refractivity contribution in [1.82, 2.24) is 10.2 Å². The van der Waals surface area contributed by atoms with Gasteiger partial charge in [0.05, 0.1) is 7.11 Å². The highest BCUT2D eigenvalue weighted by molar-refractivity contribution is 5.94. The first-order chi connectivity index (χ1) is 13.0. The molecule has 6 heteroatoms. The SMILES string of the molecule is COC(=O)[C@@H]1C[C@@H](NC(=O)c2ccc(C)cc2)CN1Cc1ccc(F)cc1. The average Bonchev–Trinajstić information content (AvgIpc) is 3.05. The molecule has 5 nitrogen and oxygen atoms in total. The molecule has 1 N–H and O–H groups in total. The Morgan fingerprint density at radius 2 is 1.81 bits per heavy atom. The summed E-state index contributed by atoms with van der Waals surface area (Å²) in [7, 11) is 1.36. The van der Waals surface area contributed by atoms with Gasteiger partial charge in [-0.25, -0.2) is 4.39 Å². The van der Waals surface area contributed by atoms with Gasteiger partial charge in [-0.1, -0.05) is 29.8 Å². The smallest absolute Gasteiger partial charge is 0.323 e. The van der Waals surface area contributed by atoms with Crippen LogP contribution in [0.1, 0.15) is 27.9 Å². The number of nitrogens with one attached hydrogen (secondary N) is 1. The van der Waals surface area contributed by atoms with Crippen LogP contribution in [0.2, 0.25) is 0 Å². The Bertz CT molecular complexity index is 805. The van der Waals surface area contributed by atoms with E-state index in [0.29, 0.717) is 25.1 Å². The molecule has 1 aliphatic rings. The summed E-state index contributed by atoms with van der Waals surface area (Å²) in [5.74, 6) is -0.788. The number of halogens is 1. The zero-order chi connectivity index (χ0) is 19.4. The average molecular weight is 370 g/mol. The molecule has 142 valence electrons. The molecule has 1 heterocycles. The second-order valence-electron chi connectivity index (χ2n) is 6.87. The van der Waals surface area contributed by atoms with Crippen LogP contribution in [0, 0.1) is 12.7 Å². The topological polar surface area (TPSA) is 58.6 Å². The number of hydrogen-bond donors (Lipinski definition) is 1. The lowest BCUT2D eigenvalue weighted by Gasteiger charge is -2.22. The Balaban J connectivity index is 1.68. The number of hydrogen-bond acceptors (Lipinski definition) is 4. The maximum atomic E-state index is 13.1. The van der Waals surface area contributed by atoms with Gasteiger partial charge >= 0.3 is 5.97 Å². The van der Waals surface area contributed by atoms with Crippen molar-refractivity contribution >= 4 is 11.9 Å². The van der Waals surface area contributed by atoms with Crippen LogP contribution in [-0.2, 0) is 16.1 Å². The fourth-order valence-corrected chi connectivity index (χ4v) is 3.36. The fraction of sp³-hybridized carbons (Fsp3) is 0.333. The first-order valence-corrected chi connectivity index (χ1v) is 8.90. The number of amides is 1. The van der Waals surface area contributed by atoms with Gasteiger partial charge in [-0.3, -0.25) is 14.5 Å². The molecule has 2 aromatic carbocycles. The zero-order valence-electron chi connectivity index (χ0n) is 15.4. The number of methoxy groups -OCH3 is 1. The molecule has 1 saturated heterocycles. The summed E-state index contributed by atoms with van der Waals surface area (Å²) in [6, 6.07) is 12.9.